The van der Waals surface area contributed by atoms with Gasteiger partial charge in [0.2, 0.25) is 5.91 Å². The lowest BCUT2D eigenvalue weighted by Crippen LogP contribution is -2.45. The Hall–Kier alpha value is -3.14. The lowest BCUT2D eigenvalue weighted by atomic mass is 9.89. The number of aromatic nitrogens is 2. The van der Waals surface area contributed by atoms with Crippen molar-refractivity contribution < 1.29 is 4.79 Å². The van der Waals surface area contributed by atoms with E-state index in [0.717, 1.165) is 29.4 Å². The van der Waals surface area contributed by atoms with Crippen LogP contribution in [0, 0.1) is 11.3 Å². The molecule has 1 aromatic carbocycles. The molecule has 0 saturated carbocycles. The topological polar surface area (TPSA) is 96.9 Å². The Balaban J connectivity index is 1.54. The molecule has 4 rings (SSSR count). The van der Waals surface area contributed by atoms with Crippen LogP contribution in [0.25, 0.3) is 0 Å². The zero-order valence-electron chi connectivity index (χ0n) is 16.5. The van der Waals surface area contributed by atoms with Gasteiger partial charge < -0.3 is 5.32 Å². The minimum Gasteiger partial charge on any atom is -0.348 e. The van der Waals surface area contributed by atoms with Crippen molar-refractivity contribution in [3.63, 3.8) is 0 Å². The maximum Gasteiger partial charge on any atom is 0.331 e. The molecule has 1 aliphatic heterocycles. The smallest absolute Gasteiger partial charge is 0.331 e. The molecule has 1 aliphatic carbocycles. The van der Waals surface area contributed by atoms with E-state index < -0.39 is 17.2 Å². The van der Waals surface area contributed by atoms with Crippen LogP contribution in [0.15, 0.2) is 27.8 Å². The summed E-state index contributed by atoms with van der Waals surface area (Å²) in [6, 6.07) is 7.97. The Bertz CT molecular complexity index is 1140. The number of nitrogens with zero attached hydrogens (tertiary/aromatic N) is 3. The van der Waals surface area contributed by atoms with E-state index in [-0.39, 0.29) is 18.2 Å². The number of nitrogens with one attached hydrogen (secondary N) is 1. The first kappa shape index (κ1) is 19.2. The summed E-state index contributed by atoms with van der Waals surface area (Å²) in [4.78, 5) is 37.8. The van der Waals surface area contributed by atoms with Gasteiger partial charge in [0.25, 0.3) is 5.56 Å². The number of nitriles is 1. The van der Waals surface area contributed by atoms with Crippen LogP contribution in [0.1, 0.15) is 60.2 Å². The number of rotatable bonds is 4. The molecule has 2 aliphatic rings. The zero-order chi connectivity index (χ0) is 20.5. The molecule has 2 aromatic rings. The van der Waals surface area contributed by atoms with Crippen molar-refractivity contribution in [2.45, 2.75) is 64.6 Å². The molecule has 29 heavy (non-hydrogen) atoms. The first-order valence-electron chi connectivity index (χ1n) is 10.2. The highest BCUT2D eigenvalue weighted by molar-refractivity contribution is 5.76. The van der Waals surface area contributed by atoms with E-state index in [1.54, 1.807) is 0 Å². The van der Waals surface area contributed by atoms with E-state index in [4.69, 9.17) is 0 Å². The summed E-state index contributed by atoms with van der Waals surface area (Å²) in [6.07, 6.45) is 5.81. The highest BCUT2D eigenvalue weighted by Gasteiger charge is 2.24. The third-order valence-corrected chi connectivity index (χ3v) is 5.99. The molecule has 150 valence electrons. The second kappa shape index (κ2) is 7.70. The fraction of sp³-hybridized carbons (Fsp3) is 0.455. The van der Waals surface area contributed by atoms with Gasteiger partial charge in [-0.25, -0.2) is 9.36 Å². The molecule has 1 atom stereocenters. The maximum absolute atomic E-state index is 12.6. The molecule has 0 fully saturated rings. The van der Waals surface area contributed by atoms with E-state index >= 15 is 0 Å². The summed E-state index contributed by atoms with van der Waals surface area (Å²) in [5.74, 6) is -0.420. The summed E-state index contributed by atoms with van der Waals surface area (Å²) >= 11 is 0. The SMILES string of the molecule is C[C@H](NC(=O)Cn1c(=O)c(C#N)c2n(c1=O)CCC2)c1ccc2c(c1)CCCC2. The van der Waals surface area contributed by atoms with Crippen molar-refractivity contribution in [3.05, 3.63) is 67.0 Å². The Morgan fingerprint density at radius 2 is 1.93 bits per heavy atom. The minimum atomic E-state index is -0.678. The molecule has 0 radical (unpaired) electrons. The van der Waals surface area contributed by atoms with Gasteiger partial charge in [0.05, 0.1) is 6.04 Å². The van der Waals surface area contributed by atoms with Crippen molar-refractivity contribution in [1.82, 2.24) is 14.5 Å². The highest BCUT2D eigenvalue weighted by atomic mass is 16.2. The third kappa shape index (κ3) is 3.51. The van der Waals surface area contributed by atoms with Crippen LogP contribution in [0.2, 0.25) is 0 Å². The van der Waals surface area contributed by atoms with Gasteiger partial charge in [0, 0.05) is 12.2 Å². The lowest BCUT2D eigenvalue weighted by Gasteiger charge is -2.20. The van der Waals surface area contributed by atoms with Gasteiger partial charge in [0.1, 0.15) is 18.2 Å². The molecule has 7 heteroatoms. The normalized spacial score (nSPS) is 15.9. The number of carbonyl (C=O) groups excluding carboxylic acids is 1. The quantitative estimate of drug-likeness (QED) is 0.854. The second-order valence-corrected chi connectivity index (χ2v) is 7.89. The number of hydrogen-bond acceptors (Lipinski definition) is 4. The average molecular weight is 392 g/mol. The van der Waals surface area contributed by atoms with E-state index in [1.165, 1.54) is 28.5 Å². The molecule has 0 spiro atoms. The van der Waals surface area contributed by atoms with Crippen LogP contribution in [-0.2, 0) is 37.1 Å². The summed E-state index contributed by atoms with van der Waals surface area (Å²) in [5.41, 5.74) is 2.98. The number of fused-ring (bicyclic) bond motifs is 2. The minimum absolute atomic E-state index is 0.0300. The first-order valence-corrected chi connectivity index (χ1v) is 10.2. The summed E-state index contributed by atoms with van der Waals surface area (Å²) in [6.45, 7) is 1.97. The van der Waals surface area contributed by atoms with Gasteiger partial charge in [-0.3, -0.25) is 14.2 Å². The van der Waals surface area contributed by atoms with Crippen molar-refractivity contribution >= 4 is 5.91 Å². The number of benzene rings is 1. The number of amides is 1. The monoisotopic (exact) mass is 392 g/mol. The van der Waals surface area contributed by atoms with Crippen molar-refractivity contribution in [3.8, 4) is 6.07 Å². The van der Waals surface area contributed by atoms with Gasteiger partial charge in [0.15, 0.2) is 0 Å². The van der Waals surface area contributed by atoms with E-state index in [0.29, 0.717) is 18.7 Å². The molecule has 1 N–H and O–H groups in total. The largest absolute Gasteiger partial charge is 0.348 e. The standard InChI is InChI=1S/C22H24N4O3/c1-14(16-9-8-15-5-2-3-6-17(15)11-16)24-20(27)13-26-21(28)18(12-23)19-7-4-10-25(19)22(26)29/h8-9,11,14H,2-7,10,13H2,1H3,(H,24,27)/t14-/m0/s1. The molecule has 1 aromatic heterocycles. The second-order valence-electron chi connectivity index (χ2n) is 7.89. The summed E-state index contributed by atoms with van der Waals surface area (Å²) < 4.78 is 2.32. The molecular weight excluding hydrogens is 368 g/mol. The highest BCUT2D eigenvalue weighted by Crippen LogP contribution is 2.24. The van der Waals surface area contributed by atoms with Gasteiger partial charge in [-0.1, -0.05) is 18.2 Å². The average Bonchev–Trinajstić information content (AvgIpc) is 3.21. The van der Waals surface area contributed by atoms with E-state index in [9.17, 15) is 19.6 Å². The van der Waals surface area contributed by atoms with Gasteiger partial charge >= 0.3 is 5.69 Å². The van der Waals surface area contributed by atoms with Crippen LogP contribution in [0.5, 0.6) is 0 Å². The zero-order valence-corrected chi connectivity index (χ0v) is 16.5. The predicted molar refractivity (Wildman–Crippen MR) is 108 cm³/mol. The lowest BCUT2D eigenvalue weighted by molar-refractivity contribution is -0.122. The van der Waals surface area contributed by atoms with Crippen LogP contribution < -0.4 is 16.6 Å². The number of carbonyl (C=O) groups is 1. The van der Waals surface area contributed by atoms with Crippen molar-refractivity contribution in [2.24, 2.45) is 0 Å². The van der Waals surface area contributed by atoms with Gasteiger partial charge in [-0.2, -0.15) is 5.26 Å². The predicted octanol–water partition coefficient (Wildman–Crippen LogP) is 1.58. The van der Waals surface area contributed by atoms with Crippen LogP contribution in [0.3, 0.4) is 0 Å². The first-order chi connectivity index (χ1) is 14.0. The molecular formula is C22H24N4O3. The van der Waals surface area contributed by atoms with Crippen molar-refractivity contribution in [2.75, 3.05) is 0 Å². The van der Waals surface area contributed by atoms with Crippen LogP contribution in [-0.4, -0.2) is 15.0 Å². The fourth-order valence-corrected chi connectivity index (χ4v) is 4.43. The number of hydrogen-bond donors (Lipinski definition) is 1. The molecule has 0 unspecified atom stereocenters. The van der Waals surface area contributed by atoms with Gasteiger partial charge in [-0.15, -0.1) is 0 Å². The van der Waals surface area contributed by atoms with Crippen LogP contribution >= 0.6 is 0 Å². The Morgan fingerprint density at radius 1 is 1.17 bits per heavy atom. The molecule has 0 saturated heterocycles. The van der Waals surface area contributed by atoms with Crippen LogP contribution in [0.4, 0.5) is 0 Å². The summed E-state index contributed by atoms with van der Waals surface area (Å²) in [5, 5.41) is 12.2. The third-order valence-electron chi connectivity index (χ3n) is 5.99. The molecule has 7 nitrogen and oxygen atoms in total. The fourth-order valence-electron chi connectivity index (χ4n) is 4.43. The Morgan fingerprint density at radius 3 is 2.69 bits per heavy atom. The Labute approximate surface area is 168 Å². The molecule has 2 heterocycles. The number of aryl methyl sites for hydroxylation is 2. The molecule has 1 amide bonds. The Kier molecular flexibility index (Phi) is 5.10. The van der Waals surface area contributed by atoms with Gasteiger partial charge in [-0.05, 0) is 62.1 Å². The summed E-state index contributed by atoms with van der Waals surface area (Å²) in [7, 11) is 0. The van der Waals surface area contributed by atoms with E-state index in [1.807, 2.05) is 19.1 Å². The van der Waals surface area contributed by atoms with E-state index in [2.05, 4.69) is 17.4 Å². The molecule has 0 bridgehead atoms. The maximum atomic E-state index is 12.6. The van der Waals surface area contributed by atoms with Crippen molar-refractivity contribution in [1.29, 1.82) is 5.26 Å².